The van der Waals surface area contributed by atoms with Crippen molar-refractivity contribution in [1.29, 1.82) is 0 Å². The maximum Gasteiger partial charge on any atom is 0.421 e. The first-order chi connectivity index (χ1) is 8.75. The molecule has 0 atom stereocenters. The van der Waals surface area contributed by atoms with Gasteiger partial charge in [-0.15, -0.1) is 0 Å². The number of pyridine rings is 1. The molecule has 1 fully saturated rings. The summed E-state index contributed by atoms with van der Waals surface area (Å²) in [4.78, 5) is 27.9. The summed E-state index contributed by atoms with van der Waals surface area (Å²) >= 11 is 0. The third kappa shape index (κ3) is 1.85. The molecular weight excluding hydrogens is 232 g/mol. The Morgan fingerprint density at radius 1 is 1.44 bits per heavy atom. The zero-order valence-corrected chi connectivity index (χ0v) is 9.96. The highest BCUT2D eigenvalue weighted by Crippen LogP contribution is 2.26. The van der Waals surface area contributed by atoms with E-state index in [-0.39, 0.29) is 18.2 Å². The summed E-state index contributed by atoms with van der Waals surface area (Å²) in [5.41, 5.74) is 0.885. The third-order valence-corrected chi connectivity index (χ3v) is 3.55. The molecule has 0 N–H and O–H groups in total. The Bertz CT molecular complexity index is 635. The Morgan fingerprint density at radius 2 is 2.22 bits per heavy atom. The highest BCUT2D eigenvalue weighted by molar-refractivity contribution is 5.82. The summed E-state index contributed by atoms with van der Waals surface area (Å²) in [5.74, 6) is -0.288. The molecule has 5 heteroatoms. The second-order valence-electron chi connectivity index (χ2n) is 4.73. The van der Waals surface area contributed by atoms with Gasteiger partial charge in [0, 0.05) is 12.1 Å². The molecule has 3 rings (SSSR count). The fourth-order valence-corrected chi connectivity index (χ4v) is 2.57. The first-order valence-corrected chi connectivity index (χ1v) is 6.23. The smallest absolute Gasteiger partial charge is 0.406 e. The highest BCUT2D eigenvalue weighted by atomic mass is 16.4. The van der Waals surface area contributed by atoms with Crippen molar-refractivity contribution in [2.75, 3.05) is 0 Å². The number of oxazole rings is 1. The molecular formula is C13H14N2O3. The van der Waals surface area contributed by atoms with Gasteiger partial charge in [0.15, 0.2) is 17.0 Å². The van der Waals surface area contributed by atoms with E-state index in [1.54, 1.807) is 18.3 Å². The lowest BCUT2D eigenvalue weighted by molar-refractivity contribution is -0.123. The lowest BCUT2D eigenvalue weighted by atomic mass is 10.0. The monoisotopic (exact) mass is 246 g/mol. The van der Waals surface area contributed by atoms with Crippen LogP contribution < -0.4 is 5.76 Å². The van der Waals surface area contributed by atoms with Gasteiger partial charge in [0.2, 0.25) is 0 Å². The number of carbonyl (C=O) groups excluding carboxylic acids is 1. The van der Waals surface area contributed by atoms with E-state index in [1.807, 2.05) is 0 Å². The van der Waals surface area contributed by atoms with Crippen LogP contribution in [0.3, 0.4) is 0 Å². The number of carbonyl (C=O) groups is 1. The van der Waals surface area contributed by atoms with Crippen LogP contribution in [0.15, 0.2) is 27.5 Å². The van der Waals surface area contributed by atoms with E-state index in [4.69, 9.17) is 4.42 Å². The second kappa shape index (κ2) is 4.40. The minimum atomic E-state index is -0.505. The van der Waals surface area contributed by atoms with Crippen molar-refractivity contribution >= 4 is 17.0 Å². The molecule has 2 heterocycles. The van der Waals surface area contributed by atoms with Crippen LogP contribution in [0, 0.1) is 5.92 Å². The first-order valence-electron chi connectivity index (χ1n) is 6.23. The topological polar surface area (TPSA) is 65.1 Å². The Kier molecular flexibility index (Phi) is 2.74. The molecule has 1 saturated carbocycles. The zero-order chi connectivity index (χ0) is 12.5. The molecule has 2 aromatic rings. The van der Waals surface area contributed by atoms with Gasteiger partial charge in [0.1, 0.15) is 0 Å². The number of hydrogen-bond donors (Lipinski definition) is 0. The van der Waals surface area contributed by atoms with Gasteiger partial charge < -0.3 is 4.42 Å². The molecule has 0 unspecified atom stereocenters. The average molecular weight is 246 g/mol. The van der Waals surface area contributed by atoms with Crippen molar-refractivity contribution in [2.24, 2.45) is 5.92 Å². The Morgan fingerprint density at radius 3 is 3.00 bits per heavy atom. The van der Waals surface area contributed by atoms with E-state index in [0.717, 1.165) is 25.7 Å². The molecule has 0 bridgehead atoms. The lowest BCUT2D eigenvalue weighted by Crippen LogP contribution is -2.24. The van der Waals surface area contributed by atoms with Gasteiger partial charge in [-0.3, -0.25) is 9.36 Å². The predicted octanol–water partition coefficient (Wildman–Crippen LogP) is 1.75. The minimum Gasteiger partial charge on any atom is -0.406 e. The van der Waals surface area contributed by atoms with E-state index in [0.29, 0.717) is 11.2 Å². The average Bonchev–Trinajstić information content (AvgIpc) is 2.98. The Labute approximate surface area is 103 Å². The molecule has 1 aliphatic carbocycles. The number of nitrogens with zero attached hydrogens (tertiary/aromatic N) is 2. The van der Waals surface area contributed by atoms with Gasteiger partial charge >= 0.3 is 5.76 Å². The molecule has 18 heavy (non-hydrogen) atoms. The first kappa shape index (κ1) is 11.2. The van der Waals surface area contributed by atoms with E-state index in [9.17, 15) is 9.59 Å². The van der Waals surface area contributed by atoms with Crippen molar-refractivity contribution in [3.8, 4) is 0 Å². The van der Waals surface area contributed by atoms with Crippen LogP contribution in [-0.2, 0) is 11.3 Å². The molecule has 0 amide bonds. The number of fused-ring (bicyclic) bond motifs is 1. The predicted molar refractivity (Wildman–Crippen MR) is 65.2 cm³/mol. The normalized spacial score (nSPS) is 16.4. The van der Waals surface area contributed by atoms with Crippen LogP contribution in [0.1, 0.15) is 25.7 Å². The summed E-state index contributed by atoms with van der Waals surface area (Å²) in [6.07, 6.45) is 5.69. The highest BCUT2D eigenvalue weighted by Gasteiger charge is 2.24. The number of hydrogen-bond acceptors (Lipinski definition) is 4. The van der Waals surface area contributed by atoms with E-state index < -0.39 is 5.76 Å². The minimum absolute atomic E-state index is 0.0769. The van der Waals surface area contributed by atoms with Gasteiger partial charge in [-0.25, -0.2) is 9.78 Å². The molecule has 0 aliphatic heterocycles. The number of aromatic nitrogens is 2. The molecule has 2 aromatic heterocycles. The van der Waals surface area contributed by atoms with Crippen LogP contribution in [0.25, 0.3) is 11.2 Å². The zero-order valence-electron chi connectivity index (χ0n) is 9.96. The summed E-state index contributed by atoms with van der Waals surface area (Å²) < 4.78 is 6.38. The van der Waals surface area contributed by atoms with Crippen LogP contribution in [0.4, 0.5) is 0 Å². The number of Topliss-reactive ketones (excluding diaryl/α,β-unsaturated/α-hetero) is 1. The number of ketones is 1. The van der Waals surface area contributed by atoms with E-state index >= 15 is 0 Å². The largest absolute Gasteiger partial charge is 0.421 e. The van der Waals surface area contributed by atoms with Gasteiger partial charge in [0.05, 0.1) is 6.54 Å². The van der Waals surface area contributed by atoms with Gasteiger partial charge in [-0.05, 0) is 25.0 Å². The van der Waals surface area contributed by atoms with Crippen LogP contribution in [0.2, 0.25) is 0 Å². The SMILES string of the molecule is O=C(Cn1c(=O)oc2cccnc21)C1CCCC1. The van der Waals surface area contributed by atoms with E-state index in [2.05, 4.69) is 4.98 Å². The van der Waals surface area contributed by atoms with Gasteiger partial charge in [-0.2, -0.15) is 0 Å². The maximum absolute atomic E-state index is 12.1. The maximum atomic E-state index is 12.1. The van der Waals surface area contributed by atoms with Gasteiger partial charge in [0.25, 0.3) is 0 Å². The van der Waals surface area contributed by atoms with Crippen molar-refractivity contribution in [3.05, 3.63) is 28.9 Å². The van der Waals surface area contributed by atoms with Crippen molar-refractivity contribution in [3.63, 3.8) is 0 Å². The quantitative estimate of drug-likeness (QED) is 0.827. The molecule has 0 radical (unpaired) electrons. The summed E-state index contributed by atoms with van der Waals surface area (Å²) in [7, 11) is 0. The van der Waals surface area contributed by atoms with Crippen LogP contribution in [0.5, 0.6) is 0 Å². The molecule has 0 spiro atoms. The summed E-state index contributed by atoms with van der Waals surface area (Å²) in [6, 6.07) is 3.38. The molecule has 94 valence electrons. The lowest BCUT2D eigenvalue weighted by Gasteiger charge is -2.07. The Hall–Kier alpha value is -1.91. The summed E-state index contributed by atoms with van der Waals surface area (Å²) in [6.45, 7) is 0.0769. The Balaban J connectivity index is 1.92. The van der Waals surface area contributed by atoms with Crippen molar-refractivity contribution < 1.29 is 9.21 Å². The molecule has 0 aromatic carbocycles. The van der Waals surface area contributed by atoms with Crippen molar-refractivity contribution in [2.45, 2.75) is 32.2 Å². The number of rotatable bonds is 3. The van der Waals surface area contributed by atoms with Crippen LogP contribution in [-0.4, -0.2) is 15.3 Å². The van der Waals surface area contributed by atoms with E-state index in [1.165, 1.54) is 4.57 Å². The van der Waals surface area contributed by atoms with Crippen molar-refractivity contribution in [1.82, 2.24) is 9.55 Å². The van der Waals surface area contributed by atoms with Crippen LogP contribution >= 0.6 is 0 Å². The fraction of sp³-hybridized carbons (Fsp3) is 0.462. The summed E-state index contributed by atoms with van der Waals surface area (Å²) in [5, 5.41) is 0. The van der Waals surface area contributed by atoms with Gasteiger partial charge in [-0.1, -0.05) is 12.8 Å². The fourth-order valence-electron chi connectivity index (χ4n) is 2.57. The molecule has 0 saturated heterocycles. The molecule has 5 nitrogen and oxygen atoms in total. The molecule has 1 aliphatic rings. The third-order valence-electron chi connectivity index (χ3n) is 3.55. The second-order valence-corrected chi connectivity index (χ2v) is 4.73. The standard InChI is InChI=1S/C13H14N2O3/c16-10(9-4-1-2-5-9)8-15-12-11(18-13(15)17)6-3-7-14-12/h3,6-7,9H,1-2,4-5,8H2.